The van der Waals surface area contributed by atoms with Crippen molar-refractivity contribution in [2.75, 3.05) is 0 Å². The number of ether oxygens (including phenoxy) is 1. The molecule has 0 bridgehead atoms. The Labute approximate surface area is 191 Å². The van der Waals surface area contributed by atoms with Crippen LogP contribution in [0.1, 0.15) is 34.5 Å². The predicted octanol–water partition coefficient (Wildman–Crippen LogP) is 2.37. The third kappa shape index (κ3) is 3.77. The second-order valence-corrected chi connectivity index (χ2v) is 8.52. The molecule has 1 aromatic heterocycles. The van der Waals surface area contributed by atoms with Gasteiger partial charge in [-0.2, -0.15) is 0 Å². The van der Waals surface area contributed by atoms with Gasteiger partial charge in [-0.15, -0.1) is 5.10 Å². The van der Waals surface area contributed by atoms with Gasteiger partial charge in [0.15, 0.2) is 0 Å². The van der Waals surface area contributed by atoms with Crippen molar-refractivity contribution in [3.63, 3.8) is 0 Å². The smallest absolute Gasteiger partial charge is 0.255 e. The van der Waals surface area contributed by atoms with Crippen molar-refractivity contribution < 1.29 is 19.1 Å². The number of aromatic nitrogens is 3. The fourth-order valence-corrected chi connectivity index (χ4v) is 4.36. The van der Waals surface area contributed by atoms with Gasteiger partial charge in [-0.1, -0.05) is 33.3 Å². The summed E-state index contributed by atoms with van der Waals surface area (Å²) in [6.45, 7) is 0.507. The number of piperidine rings is 1. The van der Waals surface area contributed by atoms with Crippen LogP contribution in [0.2, 0.25) is 0 Å². The van der Waals surface area contributed by atoms with Crippen molar-refractivity contribution in [3.8, 4) is 11.4 Å². The molecule has 10 heteroatoms. The fourth-order valence-electron chi connectivity index (χ4n) is 3.98. The number of amides is 3. The maximum absolute atomic E-state index is 13.0. The van der Waals surface area contributed by atoms with Gasteiger partial charge in [-0.05, 0) is 36.8 Å². The summed E-state index contributed by atoms with van der Waals surface area (Å²) in [7, 11) is 0. The Hall–Kier alpha value is -3.53. The lowest BCUT2D eigenvalue weighted by atomic mass is 10.0. The number of imide groups is 1. The summed E-state index contributed by atoms with van der Waals surface area (Å²) in [5.41, 5.74) is 2.64. The second-order valence-electron chi connectivity index (χ2n) is 7.60. The summed E-state index contributed by atoms with van der Waals surface area (Å²) >= 11 is 3.41. The first-order valence-corrected chi connectivity index (χ1v) is 10.9. The van der Waals surface area contributed by atoms with E-state index in [4.69, 9.17) is 4.74 Å². The Balaban J connectivity index is 1.36. The van der Waals surface area contributed by atoms with Crippen molar-refractivity contribution in [1.82, 2.24) is 25.2 Å². The topological polar surface area (TPSA) is 106 Å². The first-order chi connectivity index (χ1) is 15.5. The minimum Gasteiger partial charge on any atom is -0.487 e. The number of fused-ring (bicyclic) bond motifs is 1. The average molecular weight is 496 g/mol. The monoisotopic (exact) mass is 495 g/mol. The van der Waals surface area contributed by atoms with E-state index in [1.165, 1.54) is 4.90 Å². The number of halogens is 1. The van der Waals surface area contributed by atoms with Crippen molar-refractivity contribution in [2.45, 2.75) is 32.0 Å². The molecule has 5 rings (SSSR count). The second kappa shape index (κ2) is 8.19. The highest BCUT2D eigenvalue weighted by Crippen LogP contribution is 2.31. The summed E-state index contributed by atoms with van der Waals surface area (Å²) < 4.78 is 8.30. The molecule has 1 saturated heterocycles. The summed E-state index contributed by atoms with van der Waals surface area (Å²) in [6.07, 6.45) is 2.29. The van der Waals surface area contributed by atoms with Crippen LogP contribution in [0.4, 0.5) is 0 Å². The number of nitrogens with zero attached hydrogens (tertiary/aromatic N) is 4. The van der Waals surface area contributed by atoms with Crippen LogP contribution < -0.4 is 10.1 Å². The molecule has 2 aromatic carbocycles. The van der Waals surface area contributed by atoms with E-state index in [0.29, 0.717) is 29.1 Å². The molecule has 2 aliphatic heterocycles. The summed E-state index contributed by atoms with van der Waals surface area (Å²) in [5.74, 6) is -0.261. The molecule has 2 aliphatic rings. The molecule has 1 atom stereocenters. The third-order valence-electron chi connectivity index (χ3n) is 5.53. The van der Waals surface area contributed by atoms with Crippen LogP contribution in [0.15, 0.2) is 53.1 Å². The van der Waals surface area contributed by atoms with Crippen molar-refractivity contribution >= 4 is 33.7 Å². The van der Waals surface area contributed by atoms with E-state index in [2.05, 4.69) is 31.6 Å². The van der Waals surface area contributed by atoms with Crippen LogP contribution in [-0.2, 0) is 22.7 Å². The highest BCUT2D eigenvalue weighted by atomic mass is 79.9. The van der Waals surface area contributed by atoms with Gasteiger partial charge in [0.05, 0.1) is 11.9 Å². The highest BCUT2D eigenvalue weighted by molar-refractivity contribution is 9.10. The van der Waals surface area contributed by atoms with Gasteiger partial charge in [0.2, 0.25) is 11.8 Å². The molecule has 1 N–H and O–H groups in total. The molecule has 3 heterocycles. The zero-order chi connectivity index (χ0) is 22.2. The quantitative estimate of drug-likeness (QED) is 0.544. The molecule has 1 fully saturated rings. The molecular weight excluding hydrogens is 478 g/mol. The Kier molecular flexibility index (Phi) is 5.22. The van der Waals surface area contributed by atoms with E-state index in [1.807, 2.05) is 30.3 Å². The standard InChI is InChI=1S/C22H18BrN5O4/c23-13-3-1-4-15(9-13)32-12-14-10-28(26-25-14)18-6-2-5-16-17(18)11-27(22(16)31)19-7-8-20(29)24-21(19)30/h1-6,9-10,19H,7-8,11-12H2,(H,24,29,30). The SMILES string of the molecule is O=C1CCC(N2Cc3c(cccc3-n3cc(COc4cccc(Br)c4)nn3)C2=O)C(=O)N1. The third-order valence-corrected chi connectivity index (χ3v) is 6.02. The van der Waals surface area contributed by atoms with Gasteiger partial charge in [0.25, 0.3) is 5.91 Å². The zero-order valence-corrected chi connectivity index (χ0v) is 18.4. The molecule has 3 aromatic rings. The van der Waals surface area contributed by atoms with Gasteiger partial charge in [-0.3, -0.25) is 19.7 Å². The largest absolute Gasteiger partial charge is 0.487 e. The molecule has 32 heavy (non-hydrogen) atoms. The van der Waals surface area contributed by atoms with Crippen molar-refractivity contribution in [1.29, 1.82) is 0 Å². The Morgan fingerprint density at radius 1 is 1.16 bits per heavy atom. The minimum atomic E-state index is -0.662. The van der Waals surface area contributed by atoms with Crippen LogP contribution in [0.5, 0.6) is 5.75 Å². The van der Waals surface area contributed by atoms with Crippen molar-refractivity contribution in [3.05, 3.63) is 70.0 Å². The highest BCUT2D eigenvalue weighted by Gasteiger charge is 2.40. The fraction of sp³-hybridized carbons (Fsp3) is 0.227. The molecular formula is C22H18BrN5O4. The van der Waals surface area contributed by atoms with Gasteiger partial charge in [0, 0.05) is 28.6 Å². The van der Waals surface area contributed by atoms with Gasteiger partial charge < -0.3 is 9.64 Å². The molecule has 3 amide bonds. The van der Waals surface area contributed by atoms with Crippen LogP contribution in [-0.4, -0.2) is 43.7 Å². The van der Waals surface area contributed by atoms with Crippen LogP contribution in [0.25, 0.3) is 5.69 Å². The number of hydrogen-bond donors (Lipinski definition) is 1. The normalized spacial score (nSPS) is 18.0. The minimum absolute atomic E-state index is 0.216. The number of rotatable bonds is 5. The van der Waals surface area contributed by atoms with Crippen LogP contribution >= 0.6 is 15.9 Å². The van der Waals surface area contributed by atoms with E-state index in [9.17, 15) is 14.4 Å². The first-order valence-electron chi connectivity index (χ1n) is 10.1. The molecule has 0 radical (unpaired) electrons. The van der Waals surface area contributed by atoms with Gasteiger partial charge in [-0.25, -0.2) is 4.68 Å². The number of nitrogens with one attached hydrogen (secondary N) is 1. The summed E-state index contributed by atoms with van der Waals surface area (Å²) in [6, 6.07) is 12.2. The lowest BCUT2D eigenvalue weighted by Gasteiger charge is -2.29. The van der Waals surface area contributed by atoms with E-state index in [-0.39, 0.29) is 31.4 Å². The van der Waals surface area contributed by atoms with E-state index >= 15 is 0 Å². The van der Waals surface area contributed by atoms with Crippen molar-refractivity contribution in [2.24, 2.45) is 0 Å². The van der Waals surface area contributed by atoms with E-state index in [1.54, 1.807) is 23.0 Å². The average Bonchev–Trinajstić information content (AvgIpc) is 3.37. The number of carbonyl (C=O) groups excluding carboxylic acids is 3. The first kappa shape index (κ1) is 20.4. The summed E-state index contributed by atoms with van der Waals surface area (Å²) in [4.78, 5) is 38.3. The van der Waals surface area contributed by atoms with Crippen LogP contribution in [0.3, 0.4) is 0 Å². The molecule has 1 unspecified atom stereocenters. The number of carbonyl (C=O) groups is 3. The lowest BCUT2D eigenvalue weighted by Crippen LogP contribution is -2.52. The number of benzene rings is 2. The summed E-state index contributed by atoms with van der Waals surface area (Å²) in [5, 5.41) is 10.7. The number of hydrogen-bond acceptors (Lipinski definition) is 6. The lowest BCUT2D eigenvalue weighted by molar-refractivity contribution is -0.136. The maximum Gasteiger partial charge on any atom is 0.255 e. The Bertz CT molecular complexity index is 1240. The molecule has 162 valence electrons. The Morgan fingerprint density at radius 3 is 2.81 bits per heavy atom. The molecule has 9 nitrogen and oxygen atoms in total. The van der Waals surface area contributed by atoms with E-state index in [0.717, 1.165) is 10.0 Å². The van der Waals surface area contributed by atoms with Crippen LogP contribution in [0, 0.1) is 0 Å². The predicted molar refractivity (Wildman–Crippen MR) is 116 cm³/mol. The Morgan fingerprint density at radius 2 is 2.00 bits per heavy atom. The molecule has 0 spiro atoms. The molecule has 0 saturated carbocycles. The zero-order valence-electron chi connectivity index (χ0n) is 16.8. The van der Waals surface area contributed by atoms with E-state index < -0.39 is 11.9 Å². The maximum atomic E-state index is 13.0. The van der Waals surface area contributed by atoms with Gasteiger partial charge >= 0.3 is 0 Å². The van der Waals surface area contributed by atoms with Gasteiger partial charge in [0.1, 0.15) is 24.1 Å². The molecule has 0 aliphatic carbocycles.